The Kier molecular flexibility index (Phi) is 5.92. The van der Waals surface area contributed by atoms with E-state index >= 15 is 0 Å². The predicted molar refractivity (Wildman–Crippen MR) is 91.8 cm³/mol. The SMILES string of the molecule is CCN(CC)C[C@@H](S)[C@H]1O[C@@H]2OC3(CCCCC3)O[C@@H]2[C@H]1OC. The molecule has 1 saturated carbocycles. The lowest BCUT2D eigenvalue weighted by atomic mass is 9.94. The summed E-state index contributed by atoms with van der Waals surface area (Å²) < 4.78 is 24.5. The second kappa shape index (κ2) is 7.58. The first-order chi connectivity index (χ1) is 11.1. The van der Waals surface area contributed by atoms with Gasteiger partial charge in [0, 0.05) is 31.7 Å². The molecule has 3 aliphatic rings. The molecule has 1 aliphatic carbocycles. The van der Waals surface area contributed by atoms with E-state index in [1.165, 1.54) is 6.42 Å². The highest BCUT2D eigenvalue weighted by molar-refractivity contribution is 7.81. The lowest BCUT2D eigenvalue weighted by Gasteiger charge is -2.35. The molecule has 3 rings (SSSR count). The highest BCUT2D eigenvalue weighted by Crippen LogP contribution is 2.46. The van der Waals surface area contributed by atoms with Gasteiger partial charge >= 0.3 is 0 Å². The highest BCUT2D eigenvalue weighted by atomic mass is 32.1. The first-order valence-corrected chi connectivity index (χ1v) is 9.58. The number of hydrogen-bond acceptors (Lipinski definition) is 6. The summed E-state index contributed by atoms with van der Waals surface area (Å²) in [6.07, 6.45) is 4.88. The predicted octanol–water partition coefficient (Wildman–Crippen LogP) is 2.44. The molecule has 5 nitrogen and oxygen atoms in total. The highest BCUT2D eigenvalue weighted by Gasteiger charge is 2.59. The van der Waals surface area contributed by atoms with E-state index in [4.69, 9.17) is 31.6 Å². The number of methoxy groups -OCH3 is 1. The van der Waals surface area contributed by atoms with Crippen molar-refractivity contribution in [2.24, 2.45) is 0 Å². The molecule has 1 spiro atoms. The molecule has 0 radical (unpaired) electrons. The summed E-state index contributed by atoms with van der Waals surface area (Å²) in [6, 6.07) is 0. The fraction of sp³-hybridized carbons (Fsp3) is 1.00. The van der Waals surface area contributed by atoms with Crippen molar-refractivity contribution in [1.29, 1.82) is 0 Å². The standard InChI is InChI=1S/C17H31NO4S/c1-4-18(5-2)11-12(23)13-14(19-3)15-16(20-13)22-17(21-15)9-7-6-8-10-17/h12-16,23H,4-11H2,1-3H3/t12-,13-,14+,15-,16-/m1/s1. The van der Waals surface area contributed by atoms with E-state index in [0.29, 0.717) is 0 Å². The minimum absolute atomic E-state index is 0.0833. The number of rotatable bonds is 6. The maximum Gasteiger partial charge on any atom is 0.190 e. The molecule has 0 bridgehead atoms. The molecule has 0 unspecified atom stereocenters. The van der Waals surface area contributed by atoms with Crippen LogP contribution in [-0.2, 0) is 18.9 Å². The molecule has 2 heterocycles. The molecule has 134 valence electrons. The van der Waals surface area contributed by atoms with Crippen LogP contribution in [0, 0.1) is 0 Å². The normalized spacial score (nSPS) is 37.4. The summed E-state index contributed by atoms with van der Waals surface area (Å²) in [5, 5.41) is 0.0833. The Morgan fingerprint density at radius 2 is 1.87 bits per heavy atom. The molecule has 2 saturated heterocycles. The third-order valence-corrected chi connectivity index (χ3v) is 5.95. The average molecular weight is 346 g/mol. The fourth-order valence-corrected chi connectivity index (χ4v) is 4.58. The van der Waals surface area contributed by atoms with Gasteiger partial charge in [-0.25, -0.2) is 0 Å². The van der Waals surface area contributed by atoms with Crippen molar-refractivity contribution in [3.05, 3.63) is 0 Å². The van der Waals surface area contributed by atoms with Gasteiger partial charge in [-0.3, -0.25) is 0 Å². The van der Waals surface area contributed by atoms with Crippen LogP contribution in [0.4, 0.5) is 0 Å². The molecule has 2 aliphatic heterocycles. The number of hydrogen-bond donors (Lipinski definition) is 1. The average Bonchev–Trinajstić information content (AvgIpc) is 3.06. The summed E-state index contributed by atoms with van der Waals surface area (Å²) in [5.74, 6) is -0.430. The van der Waals surface area contributed by atoms with E-state index in [1.807, 2.05) is 0 Å². The van der Waals surface area contributed by atoms with Gasteiger partial charge in [0.1, 0.15) is 18.3 Å². The molecule has 0 N–H and O–H groups in total. The van der Waals surface area contributed by atoms with Crippen LogP contribution in [0.5, 0.6) is 0 Å². The van der Waals surface area contributed by atoms with Gasteiger partial charge in [0.25, 0.3) is 0 Å². The first-order valence-electron chi connectivity index (χ1n) is 9.06. The summed E-state index contributed by atoms with van der Waals surface area (Å²) in [6.45, 7) is 7.25. The summed E-state index contributed by atoms with van der Waals surface area (Å²) in [5.41, 5.74) is 0. The maximum absolute atomic E-state index is 6.34. The zero-order valence-corrected chi connectivity index (χ0v) is 15.5. The van der Waals surface area contributed by atoms with Crippen LogP contribution in [0.15, 0.2) is 0 Å². The number of thiol groups is 1. The van der Waals surface area contributed by atoms with Crippen LogP contribution in [0.2, 0.25) is 0 Å². The number of ether oxygens (including phenoxy) is 4. The van der Waals surface area contributed by atoms with Crippen molar-refractivity contribution in [3.8, 4) is 0 Å². The Morgan fingerprint density at radius 3 is 2.48 bits per heavy atom. The number of nitrogens with zero attached hydrogens (tertiary/aromatic N) is 1. The van der Waals surface area contributed by atoms with Crippen molar-refractivity contribution in [2.75, 3.05) is 26.7 Å². The quantitative estimate of drug-likeness (QED) is 0.749. The van der Waals surface area contributed by atoms with Gasteiger partial charge in [-0.2, -0.15) is 12.6 Å². The van der Waals surface area contributed by atoms with Crippen molar-refractivity contribution in [1.82, 2.24) is 4.90 Å². The van der Waals surface area contributed by atoms with Gasteiger partial charge in [0.2, 0.25) is 0 Å². The van der Waals surface area contributed by atoms with Crippen molar-refractivity contribution in [3.63, 3.8) is 0 Å². The smallest absolute Gasteiger partial charge is 0.190 e. The maximum atomic E-state index is 6.34. The van der Waals surface area contributed by atoms with Crippen molar-refractivity contribution < 1.29 is 18.9 Å². The molecule has 3 fully saturated rings. The van der Waals surface area contributed by atoms with Crippen molar-refractivity contribution >= 4 is 12.6 Å². The lowest BCUT2D eigenvalue weighted by Crippen LogP contribution is -2.45. The fourth-order valence-electron chi connectivity index (χ4n) is 4.11. The molecular formula is C17H31NO4S. The molecular weight excluding hydrogens is 314 g/mol. The van der Waals surface area contributed by atoms with E-state index < -0.39 is 5.79 Å². The molecule has 6 heteroatoms. The van der Waals surface area contributed by atoms with Crippen LogP contribution >= 0.6 is 12.6 Å². The first kappa shape index (κ1) is 18.0. The van der Waals surface area contributed by atoms with Crippen LogP contribution in [0.1, 0.15) is 46.0 Å². The Labute approximate surface area is 145 Å². The minimum Gasteiger partial charge on any atom is -0.376 e. The zero-order chi connectivity index (χ0) is 16.4. The summed E-state index contributed by atoms with van der Waals surface area (Å²) in [7, 11) is 1.73. The van der Waals surface area contributed by atoms with E-state index in [2.05, 4.69) is 18.7 Å². The monoisotopic (exact) mass is 345 g/mol. The van der Waals surface area contributed by atoms with Gasteiger partial charge in [-0.1, -0.05) is 20.3 Å². The third kappa shape index (κ3) is 3.58. The van der Waals surface area contributed by atoms with Crippen LogP contribution in [0.25, 0.3) is 0 Å². The lowest BCUT2D eigenvalue weighted by molar-refractivity contribution is -0.247. The summed E-state index contributed by atoms with van der Waals surface area (Å²) >= 11 is 4.79. The largest absolute Gasteiger partial charge is 0.376 e. The minimum atomic E-state index is -0.430. The second-order valence-corrected chi connectivity index (χ2v) is 7.56. The van der Waals surface area contributed by atoms with E-state index in [0.717, 1.165) is 45.3 Å². The Balaban J connectivity index is 1.64. The van der Waals surface area contributed by atoms with Gasteiger partial charge < -0.3 is 23.8 Å². The molecule has 0 aromatic heterocycles. The van der Waals surface area contributed by atoms with Gasteiger partial charge in [0.05, 0.1) is 0 Å². The number of fused-ring (bicyclic) bond motifs is 1. The van der Waals surface area contributed by atoms with Crippen molar-refractivity contribution in [2.45, 2.75) is 81.6 Å². The van der Waals surface area contributed by atoms with Gasteiger partial charge in [-0.05, 0) is 25.9 Å². The Morgan fingerprint density at radius 1 is 1.17 bits per heavy atom. The molecule has 0 aromatic carbocycles. The van der Waals surface area contributed by atoms with Crippen LogP contribution in [-0.4, -0.2) is 67.3 Å². The van der Waals surface area contributed by atoms with E-state index in [-0.39, 0.29) is 29.9 Å². The Bertz CT molecular complexity index is 387. The molecule has 5 atom stereocenters. The van der Waals surface area contributed by atoms with Crippen LogP contribution in [0.3, 0.4) is 0 Å². The third-order valence-electron chi connectivity index (χ3n) is 5.50. The second-order valence-electron chi connectivity index (χ2n) is 6.89. The topological polar surface area (TPSA) is 40.2 Å². The van der Waals surface area contributed by atoms with Crippen LogP contribution < -0.4 is 0 Å². The zero-order valence-electron chi connectivity index (χ0n) is 14.6. The molecule has 23 heavy (non-hydrogen) atoms. The summed E-state index contributed by atoms with van der Waals surface area (Å²) in [4.78, 5) is 2.35. The van der Waals surface area contributed by atoms with E-state index in [1.54, 1.807) is 7.11 Å². The molecule has 0 amide bonds. The molecule has 0 aromatic rings. The van der Waals surface area contributed by atoms with E-state index in [9.17, 15) is 0 Å². The van der Waals surface area contributed by atoms with Gasteiger partial charge in [0.15, 0.2) is 12.1 Å². The van der Waals surface area contributed by atoms with Gasteiger partial charge in [-0.15, -0.1) is 0 Å². The Hall–Kier alpha value is 0.150.